The highest BCUT2D eigenvalue weighted by Gasteiger charge is 2.10. The fraction of sp³-hybridized carbons (Fsp3) is 0.714. The van der Waals surface area contributed by atoms with Crippen LogP contribution in [0.3, 0.4) is 0 Å². The normalized spacial score (nSPS) is 16.0. The molecule has 1 fully saturated rings. The van der Waals surface area contributed by atoms with Crippen LogP contribution in [-0.2, 0) is 16.1 Å². The molecule has 0 radical (unpaired) electrons. The highest BCUT2D eigenvalue weighted by Crippen LogP contribution is 2.01. The van der Waals surface area contributed by atoms with Crippen molar-refractivity contribution in [2.24, 2.45) is 0 Å². The number of rotatable bonds is 7. The Kier molecular flexibility index (Phi) is 6.41. The number of amides is 1. The largest absolute Gasteiger partial charge is 0.379 e. The molecule has 118 valence electrons. The van der Waals surface area contributed by atoms with Crippen LogP contribution in [0.5, 0.6) is 0 Å². The molecule has 0 unspecified atom stereocenters. The van der Waals surface area contributed by atoms with Crippen molar-refractivity contribution in [3.63, 3.8) is 0 Å². The zero-order chi connectivity index (χ0) is 15.1. The van der Waals surface area contributed by atoms with E-state index < -0.39 is 0 Å². The number of hydrogen-bond donors (Lipinski definition) is 1. The van der Waals surface area contributed by atoms with Gasteiger partial charge in [0.15, 0.2) is 0 Å². The summed E-state index contributed by atoms with van der Waals surface area (Å²) in [7, 11) is 0. The first-order chi connectivity index (χ1) is 10.2. The number of carbonyl (C=O) groups excluding carboxylic acids is 1. The van der Waals surface area contributed by atoms with E-state index in [1.807, 2.05) is 12.3 Å². The maximum atomic E-state index is 11.8. The van der Waals surface area contributed by atoms with Crippen molar-refractivity contribution < 1.29 is 9.53 Å². The molecule has 1 saturated heterocycles. The first-order valence-corrected chi connectivity index (χ1v) is 8.26. The van der Waals surface area contributed by atoms with Gasteiger partial charge < -0.3 is 14.6 Å². The highest BCUT2D eigenvalue weighted by molar-refractivity contribution is 7.07. The number of morpholine rings is 1. The summed E-state index contributed by atoms with van der Waals surface area (Å²) < 4.78 is 6.94. The monoisotopic (exact) mass is 313 g/mol. The minimum Gasteiger partial charge on any atom is -0.379 e. The van der Waals surface area contributed by atoms with E-state index in [2.05, 4.69) is 10.2 Å². The lowest BCUT2D eigenvalue weighted by atomic mass is 10.3. The summed E-state index contributed by atoms with van der Waals surface area (Å²) in [4.78, 5) is 25.6. The second kappa shape index (κ2) is 8.31. The van der Waals surface area contributed by atoms with Gasteiger partial charge in [-0.05, 0) is 19.9 Å². The molecule has 2 rings (SSSR count). The minimum atomic E-state index is 0.00705. The van der Waals surface area contributed by atoms with Crippen molar-refractivity contribution >= 4 is 17.2 Å². The Balaban J connectivity index is 1.58. The topological polar surface area (TPSA) is 63.6 Å². The van der Waals surface area contributed by atoms with Crippen molar-refractivity contribution in [1.82, 2.24) is 14.8 Å². The highest BCUT2D eigenvalue weighted by atomic mass is 32.1. The van der Waals surface area contributed by atoms with Gasteiger partial charge in [-0.25, -0.2) is 0 Å². The van der Waals surface area contributed by atoms with Crippen LogP contribution >= 0.6 is 11.3 Å². The molecule has 0 saturated carbocycles. The van der Waals surface area contributed by atoms with Crippen LogP contribution in [0.25, 0.3) is 0 Å². The van der Waals surface area contributed by atoms with E-state index in [9.17, 15) is 9.59 Å². The molecule has 0 aromatic carbocycles. The van der Waals surface area contributed by atoms with Gasteiger partial charge in [0.25, 0.3) is 0 Å². The minimum absolute atomic E-state index is 0.00705. The van der Waals surface area contributed by atoms with Crippen LogP contribution in [0, 0.1) is 6.92 Å². The molecule has 0 bridgehead atoms. The molecular formula is C14H23N3O3S. The first-order valence-electron chi connectivity index (χ1n) is 7.38. The number of ether oxygens (including phenoxy) is 1. The Morgan fingerprint density at radius 1 is 1.38 bits per heavy atom. The fourth-order valence-corrected chi connectivity index (χ4v) is 3.09. The third-order valence-corrected chi connectivity index (χ3v) is 4.50. The number of thiazole rings is 1. The van der Waals surface area contributed by atoms with Crippen LogP contribution in [-0.4, -0.2) is 54.8 Å². The molecule has 21 heavy (non-hydrogen) atoms. The summed E-state index contributed by atoms with van der Waals surface area (Å²) in [5.41, 5.74) is 0.921. The number of aryl methyl sites for hydroxylation is 1. The summed E-state index contributed by atoms with van der Waals surface area (Å²) in [6.07, 6.45) is 1.30. The van der Waals surface area contributed by atoms with Crippen LogP contribution < -0.4 is 10.2 Å². The molecule has 0 aliphatic carbocycles. The van der Waals surface area contributed by atoms with Crippen molar-refractivity contribution in [2.75, 3.05) is 39.4 Å². The quantitative estimate of drug-likeness (QED) is 0.742. The number of nitrogens with zero attached hydrogens (tertiary/aromatic N) is 2. The number of hydrogen-bond acceptors (Lipinski definition) is 5. The molecule has 1 aliphatic heterocycles. The van der Waals surface area contributed by atoms with Crippen LogP contribution in [0.4, 0.5) is 0 Å². The molecule has 7 heteroatoms. The zero-order valence-corrected chi connectivity index (χ0v) is 13.3. The molecule has 2 heterocycles. The average molecular weight is 313 g/mol. The van der Waals surface area contributed by atoms with E-state index >= 15 is 0 Å². The summed E-state index contributed by atoms with van der Waals surface area (Å²) in [6.45, 7) is 7.60. The van der Waals surface area contributed by atoms with E-state index in [1.54, 1.807) is 4.57 Å². The Morgan fingerprint density at radius 3 is 2.81 bits per heavy atom. The van der Waals surface area contributed by atoms with Gasteiger partial charge in [0.05, 0.1) is 13.2 Å². The van der Waals surface area contributed by atoms with E-state index in [1.165, 1.54) is 11.3 Å². The van der Waals surface area contributed by atoms with Gasteiger partial charge in [-0.1, -0.05) is 11.3 Å². The Morgan fingerprint density at radius 2 is 2.14 bits per heavy atom. The Labute approximate surface area is 128 Å². The van der Waals surface area contributed by atoms with Gasteiger partial charge in [-0.15, -0.1) is 0 Å². The Hall–Kier alpha value is -1.18. The van der Waals surface area contributed by atoms with Gasteiger partial charge in [0.2, 0.25) is 5.91 Å². The van der Waals surface area contributed by atoms with Gasteiger partial charge in [-0.3, -0.25) is 14.5 Å². The first kappa shape index (κ1) is 16.2. The lowest BCUT2D eigenvalue weighted by Crippen LogP contribution is -2.38. The molecule has 1 N–H and O–H groups in total. The zero-order valence-electron chi connectivity index (χ0n) is 12.5. The second-order valence-corrected chi connectivity index (χ2v) is 6.02. The molecular weight excluding hydrogens is 290 g/mol. The third-order valence-electron chi connectivity index (χ3n) is 3.62. The molecule has 1 aromatic rings. The van der Waals surface area contributed by atoms with Crippen LogP contribution in [0.2, 0.25) is 0 Å². The van der Waals surface area contributed by atoms with Crippen molar-refractivity contribution in [3.05, 3.63) is 20.7 Å². The lowest BCUT2D eigenvalue weighted by Gasteiger charge is -2.26. The predicted octanol–water partition coefficient (Wildman–Crippen LogP) is 0.447. The fourth-order valence-electron chi connectivity index (χ4n) is 2.33. The summed E-state index contributed by atoms with van der Waals surface area (Å²) in [6, 6.07) is 0. The average Bonchev–Trinajstić information content (AvgIpc) is 2.81. The van der Waals surface area contributed by atoms with Crippen molar-refractivity contribution in [1.29, 1.82) is 0 Å². The Bertz CT molecular complexity index is 506. The van der Waals surface area contributed by atoms with Crippen molar-refractivity contribution in [2.45, 2.75) is 26.3 Å². The maximum absolute atomic E-state index is 11.8. The molecule has 6 nitrogen and oxygen atoms in total. The number of carbonyl (C=O) groups is 1. The number of aromatic nitrogens is 1. The van der Waals surface area contributed by atoms with E-state index in [0.717, 1.165) is 45.0 Å². The van der Waals surface area contributed by atoms with Gasteiger partial charge in [0, 0.05) is 43.7 Å². The molecule has 0 spiro atoms. The maximum Gasteiger partial charge on any atom is 0.307 e. The molecule has 1 aliphatic rings. The smallest absolute Gasteiger partial charge is 0.307 e. The molecule has 0 atom stereocenters. The number of nitrogens with one attached hydrogen (secondary N) is 1. The van der Waals surface area contributed by atoms with Gasteiger partial charge in [-0.2, -0.15) is 0 Å². The summed E-state index contributed by atoms with van der Waals surface area (Å²) in [5, 5.41) is 4.74. The van der Waals surface area contributed by atoms with E-state index in [-0.39, 0.29) is 10.8 Å². The van der Waals surface area contributed by atoms with Gasteiger partial charge in [0.1, 0.15) is 0 Å². The standard InChI is InChI=1S/C14H23N3O3S/c1-12-11-21-14(19)17(12)6-3-13(18)15-4-2-5-16-7-9-20-10-8-16/h11H,2-10H2,1H3,(H,15,18). The molecule has 1 aromatic heterocycles. The van der Waals surface area contributed by atoms with E-state index in [4.69, 9.17) is 4.74 Å². The van der Waals surface area contributed by atoms with Gasteiger partial charge >= 0.3 is 4.87 Å². The van der Waals surface area contributed by atoms with Crippen LogP contribution in [0.1, 0.15) is 18.5 Å². The SMILES string of the molecule is Cc1csc(=O)n1CCC(=O)NCCCN1CCOCC1. The molecule has 1 amide bonds. The predicted molar refractivity (Wildman–Crippen MR) is 82.8 cm³/mol. The summed E-state index contributed by atoms with van der Waals surface area (Å²) >= 11 is 1.18. The summed E-state index contributed by atoms with van der Waals surface area (Å²) in [5.74, 6) is 0.00878. The van der Waals surface area contributed by atoms with Crippen LogP contribution in [0.15, 0.2) is 10.2 Å². The van der Waals surface area contributed by atoms with E-state index in [0.29, 0.717) is 19.5 Å². The lowest BCUT2D eigenvalue weighted by molar-refractivity contribution is -0.121. The second-order valence-electron chi connectivity index (χ2n) is 5.20. The van der Waals surface area contributed by atoms with Crippen molar-refractivity contribution in [3.8, 4) is 0 Å². The third kappa shape index (κ3) is 5.26.